The van der Waals surface area contributed by atoms with Crippen LogP contribution in [0.1, 0.15) is 37.5 Å². The summed E-state index contributed by atoms with van der Waals surface area (Å²) in [7, 11) is 0. The molecule has 130 valence electrons. The first-order valence-electron chi connectivity index (χ1n) is 8.09. The maximum Gasteiger partial charge on any atom is 0.258 e. The minimum atomic E-state index is -0.525. The van der Waals surface area contributed by atoms with Crippen LogP contribution in [0, 0.1) is 0 Å². The maximum absolute atomic E-state index is 12.9. The SMILES string of the molecule is NC(=O)c1ccccc1N[C@@H]1c2ncccc2C(=O)N1Cc1cccs1. The molecule has 3 aromatic rings. The lowest BCUT2D eigenvalue weighted by Crippen LogP contribution is -2.32. The van der Waals surface area contributed by atoms with Crippen LogP contribution in [-0.2, 0) is 6.54 Å². The predicted molar refractivity (Wildman–Crippen MR) is 99.8 cm³/mol. The summed E-state index contributed by atoms with van der Waals surface area (Å²) in [6, 6.07) is 14.5. The number of aromatic nitrogens is 1. The van der Waals surface area contributed by atoms with E-state index in [1.165, 1.54) is 0 Å². The molecule has 2 aromatic heterocycles. The van der Waals surface area contributed by atoms with Gasteiger partial charge in [-0.05, 0) is 35.7 Å². The van der Waals surface area contributed by atoms with Crippen molar-refractivity contribution in [2.75, 3.05) is 5.32 Å². The molecule has 1 atom stereocenters. The molecule has 1 aliphatic rings. The third-order valence-corrected chi connectivity index (χ3v) is 5.15. The second-order valence-electron chi connectivity index (χ2n) is 5.91. The van der Waals surface area contributed by atoms with Crippen molar-refractivity contribution in [3.05, 3.63) is 81.8 Å². The number of nitrogens with zero attached hydrogens (tertiary/aromatic N) is 2. The van der Waals surface area contributed by atoms with Crippen molar-refractivity contribution in [3.63, 3.8) is 0 Å². The van der Waals surface area contributed by atoms with Gasteiger partial charge in [-0.15, -0.1) is 11.3 Å². The fourth-order valence-electron chi connectivity index (χ4n) is 3.09. The maximum atomic E-state index is 12.9. The topological polar surface area (TPSA) is 88.3 Å². The molecule has 3 N–H and O–H groups in total. The first-order chi connectivity index (χ1) is 12.6. The molecule has 0 saturated carbocycles. The summed E-state index contributed by atoms with van der Waals surface area (Å²) in [5.41, 5.74) is 7.65. The highest BCUT2D eigenvalue weighted by atomic mass is 32.1. The number of fused-ring (bicyclic) bond motifs is 1. The molecule has 0 radical (unpaired) electrons. The predicted octanol–water partition coefficient (Wildman–Crippen LogP) is 3.01. The lowest BCUT2D eigenvalue weighted by Gasteiger charge is -2.26. The zero-order chi connectivity index (χ0) is 18.1. The average Bonchev–Trinajstić information content (AvgIpc) is 3.25. The molecule has 0 fully saturated rings. The first-order valence-corrected chi connectivity index (χ1v) is 8.97. The van der Waals surface area contributed by atoms with Crippen molar-refractivity contribution >= 4 is 28.8 Å². The van der Waals surface area contributed by atoms with Crippen molar-refractivity contribution in [3.8, 4) is 0 Å². The Kier molecular flexibility index (Phi) is 4.14. The number of amides is 2. The summed E-state index contributed by atoms with van der Waals surface area (Å²) in [6.07, 6.45) is 1.19. The minimum Gasteiger partial charge on any atom is -0.366 e. The summed E-state index contributed by atoms with van der Waals surface area (Å²) in [5, 5.41) is 5.26. The fourth-order valence-corrected chi connectivity index (χ4v) is 3.79. The molecule has 1 aliphatic heterocycles. The highest BCUT2D eigenvalue weighted by molar-refractivity contribution is 7.09. The molecule has 0 aliphatic carbocycles. The van der Waals surface area contributed by atoms with E-state index in [0.29, 0.717) is 29.1 Å². The largest absolute Gasteiger partial charge is 0.366 e. The Morgan fingerprint density at radius 2 is 2.04 bits per heavy atom. The fraction of sp³-hybridized carbons (Fsp3) is 0.105. The number of nitrogens with two attached hydrogens (primary N) is 1. The van der Waals surface area contributed by atoms with Crippen LogP contribution in [0.5, 0.6) is 0 Å². The number of benzene rings is 1. The Labute approximate surface area is 154 Å². The van der Waals surface area contributed by atoms with Gasteiger partial charge in [-0.2, -0.15) is 0 Å². The van der Waals surface area contributed by atoms with Gasteiger partial charge in [-0.25, -0.2) is 0 Å². The number of carbonyl (C=O) groups excluding carboxylic acids is 2. The number of pyridine rings is 1. The second-order valence-corrected chi connectivity index (χ2v) is 6.94. The van der Waals surface area contributed by atoms with Crippen LogP contribution >= 0.6 is 11.3 Å². The molecule has 7 heteroatoms. The van der Waals surface area contributed by atoms with Gasteiger partial charge in [0.1, 0.15) is 6.17 Å². The highest BCUT2D eigenvalue weighted by Gasteiger charge is 2.38. The average molecular weight is 364 g/mol. The number of anilines is 1. The molecule has 0 spiro atoms. The number of thiophene rings is 1. The summed E-state index contributed by atoms with van der Waals surface area (Å²) < 4.78 is 0. The molecule has 2 amide bonds. The van der Waals surface area contributed by atoms with Crippen molar-refractivity contribution in [2.24, 2.45) is 5.73 Å². The molecule has 4 rings (SSSR count). The van der Waals surface area contributed by atoms with E-state index < -0.39 is 12.1 Å². The number of nitrogens with one attached hydrogen (secondary N) is 1. The van der Waals surface area contributed by atoms with E-state index in [-0.39, 0.29) is 5.91 Å². The standard InChI is InChI=1S/C19H16N4O2S/c20-17(24)13-6-1-2-8-15(13)22-18-16-14(7-3-9-21-16)19(25)23(18)11-12-5-4-10-26-12/h1-10,18,22H,11H2,(H2,20,24)/t18-/m0/s1. The summed E-state index contributed by atoms with van der Waals surface area (Å²) >= 11 is 1.59. The highest BCUT2D eigenvalue weighted by Crippen LogP contribution is 2.35. The van der Waals surface area contributed by atoms with E-state index in [0.717, 1.165) is 4.88 Å². The molecule has 26 heavy (non-hydrogen) atoms. The molecule has 0 bridgehead atoms. The number of rotatable bonds is 5. The third-order valence-electron chi connectivity index (χ3n) is 4.29. The third kappa shape index (κ3) is 2.82. The Morgan fingerprint density at radius 1 is 1.19 bits per heavy atom. The Bertz CT molecular complexity index is 971. The quantitative estimate of drug-likeness (QED) is 0.728. The summed E-state index contributed by atoms with van der Waals surface area (Å²) in [5.74, 6) is -0.612. The van der Waals surface area contributed by atoms with Crippen LogP contribution in [0.2, 0.25) is 0 Å². The van der Waals surface area contributed by atoms with Gasteiger partial charge in [0.25, 0.3) is 11.8 Å². The number of carbonyl (C=O) groups is 2. The minimum absolute atomic E-state index is 0.0874. The molecule has 0 saturated heterocycles. The van der Waals surface area contributed by atoms with Gasteiger partial charge < -0.3 is 16.0 Å². The Hall–Kier alpha value is -3.19. The van der Waals surface area contributed by atoms with Gasteiger partial charge in [0, 0.05) is 16.8 Å². The van der Waals surface area contributed by atoms with Gasteiger partial charge in [0.2, 0.25) is 0 Å². The smallest absolute Gasteiger partial charge is 0.258 e. The van der Waals surface area contributed by atoms with E-state index in [1.807, 2.05) is 23.6 Å². The summed E-state index contributed by atoms with van der Waals surface area (Å²) in [6.45, 7) is 0.462. The Balaban J connectivity index is 1.73. The van der Waals surface area contributed by atoms with E-state index >= 15 is 0 Å². The van der Waals surface area contributed by atoms with E-state index in [1.54, 1.807) is 52.8 Å². The van der Waals surface area contributed by atoms with Gasteiger partial charge in [-0.1, -0.05) is 18.2 Å². The van der Waals surface area contributed by atoms with E-state index in [4.69, 9.17) is 5.73 Å². The molecule has 1 aromatic carbocycles. The zero-order valence-corrected chi connectivity index (χ0v) is 14.6. The summed E-state index contributed by atoms with van der Waals surface area (Å²) in [4.78, 5) is 31.8. The number of primary amides is 1. The first kappa shape index (κ1) is 16.3. The monoisotopic (exact) mass is 364 g/mol. The second kappa shape index (κ2) is 6.61. The molecular formula is C19H16N4O2S. The van der Waals surface area contributed by atoms with Gasteiger partial charge in [-0.3, -0.25) is 14.6 Å². The van der Waals surface area contributed by atoms with Crippen molar-refractivity contribution in [1.82, 2.24) is 9.88 Å². The number of para-hydroxylation sites is 1. The Morgan fingerprint density at radius 3 is 2.81 bits per heavy atom. The van der Waals surface area contributed by atoms with Crippen molar-refractivity contribution in [2.45, 2.75) is 12.7 Å². The number of hydrogen-bond donors (Lipinski definition) is 2. The molecule has 0 unspecified atom stereocenters. The number of hydrogen-bond acceptors (Lipinski definition) is 5. The van der Waals surface area contributed by atoms with Crippen LogP contribution in [0.4, 0.5) is 5.69 Å². The molecule has 6 nitrogen and oxygen atoms in total. The zero-order valence-electron chi connectivity index (χ0n) is 13.8. The van der Waals surface area contributed by atoms with Gasteiger partial charge in [0.05, 0.1) is 23.4 Å². The lowest BCUT2D eigenvalue weighted by atomic mass is 10.1. The van der Waals surface area contributed by atoms with Crippen LogP contribution in [0.15, 0.2) is 60.1 Å². The van der Waals surface area contributed by atoms with Crippen LogP contribution in [-0.4, -0.2) is 21.7 Å². The molecule has 3 heterocycles. The van der Waals surface area contributed by atoms with E-state index in [2.05, 4.69) is 10.3 Å². The van der Waals surface area contributed by atoms with Gasteiger partial charge in [0.15, 0.2) is 0 Å². The van der Waals surface area contributed by atoms with Crippen LogP contribution in [0.3, 0.4) is 0 Å². The van der Waals surface area contributed by atoms with Crippen molar-refractivity contribution < 1.29 is 9.59 Å². The van der Waals surface area contributed by atoms with Crippen LogP contribution < -0.4 is 11.1 Å². The van der Waals surface area contributed by atoms with Crippen molar-refractivity contribution in [1.29, 1.82) is 0 Å². The lowest BCUT2D eigenvalue weighted by molar-refractivity contribution is 0.0729. The van der Waals surface area contributed by atoms with Crippen LogP contribution in [0.25, 0.3) is 0 Å². The van der Waals surface area contributed by atoms with Gasteiger partial charge >= 0.3 is 0 Å². The normalized spacial score (nSPS) is 15.8. The molecular weight excluding hydrogens is 348 g/mol. The van der Waals surface area contributed by atoms with E-state index in [9.17, 15) is 9.59 Å².